The van der Waals surface area contributed by atoms with Gasteiger partial charge in [-0.1, -0.05) is 27.5 Å². The summed E-state index contributed by atoms with van der Waals surface area (Å²) in [6, 6.07) is 9.19. The van der Waals surface area contributed by atoms with E-state index in [2.05, 4.69) is 20.9 Å². The molecule has 0 fully saturated rings. The van der Waals surface area contributed by atoms with E-state index in [1.165, 1.54) is 0 Å². The predicted molar refractivity (Wildman–Crippen MR) is 79.0 cm³/mol. The van der Waals surface area contributed by atoms with Gasteiger partial charge < -0.3 is 9.47 Å². The molecule has 0 radical (unpaired) electrons. The van der Waals surface area contributed by atoms with E-state index in [-0.39, 0.29) is 0 Å². The molecule has 0 bridgehead atoms. The Morgan fingerprint density at radius 1 is 1.26 bits per heavy atom. The van der Waals surface area contributed by atoms with E-state index in [1.54, 1.807) is 13.2 Å². The Morgan fingerprint density at radius 3 is 2.79 bits per heavy atom. The van der Waals surface area contributed by atoms with E-state index in [4.69, 9.17) is 21.1 Å². The van der Waals surface area contributed by atoms with Gasteiger partial charge in [-0.05, 0) is 25.1 Å². The first-order valence-corrected chi connectivity index (χ1v) is 6.85. The number of ether oxygens (including phenoxy) is 2. The Labute approximate surface area is 125 Å². The van der Waals surface area contributed by atoms with E-state index in [9.17, 15) is 0 Å². The number of aryl methyl sites for hydroxylation is 1. The number of nitrogens with zero attached hydrogens (tertiary/aromatic N) is 1. The zero-order valence-corrected chi connectivity index (χ0v) is 13.0. The molecule has 0 atom stereocenters. The van der Waals surface area contributed by atoms with Gasteiger partial charge in [0, 0.05) is 22.3 Å². The molecule has 0 aliphatic carbocycles. The highest BCUT2D eigenvalue weighted by Gasteiger charge is 2.05. The van der Waals surface area contributed by atoms with Gasteiger partial charge in [0.25, 0.3) is 0 Å². The molecule has 0 saturated heterocycles. The Bertz CT molecular complexity index is 590. The molecule has 0 unspecified atom stereocenters. The maximum absolute atomic E-state index is 6.06. The summed E-state index contributed by atoms with van der Waals surface area (Å²) < 4.78 is 11.8. The third-order valence-corrected chi connectivity index (χ3v) is 3.29. The van der Waals surface area contributed by atoms with Gasteiger partial charge in [-0.25, -0.2) is 0 Å². The first-order valence-electron chi connectivity index (χ1n) is 5.68. The van der Waals surface area contributed by atoms with Crippen LogP contribution in [0.15, 0.2) is 34.8 Å². The third-order valence-electron chi connectivity index (χ3n) is 2.48. The van der Waals surface area contributed by atoms with Crippen molar-refractivity contribution in [1.29, 1.82) is 0 Å². The molecule has 0 spiro atoms. The van der Waals surface area contributed by atoms with Gasteiger partial charge in [-0.3, -0.25) is 4.98 Å². The predicted octanol–water partition coefficient (Wildman–Crippen LogP) is 4.39. The van der Waals surface area contributed by atoms with Crippen LogP contribution in [0, 0.1) is 6.92 Å². The van der Waals surface area contributed by atoms with Crippen LogP contribution in [0.2, 0.25) is 5.02 Å². The van der Waals surface area contributed by atoms with Gasteiger partial charge in [-0.15, -0.1) is 0 Å². The largest absolute Gasteiger partial charge is 0.497 e. The summed E-state index contributed by atoms with van der Waals surface area (Å²) >= 11 is 9.44. The molecule has 19 heavy (non-hydrogen) atoms. The van der Waals surface area contributed by atoms with E-state index in [1.807, 2.05) is 31.2 Å². The van der Waals surface area contributed by atoms with Crippen LogP contribution < -0.4 is 9.47 Å². The minimum Gasteiger partial charge on any atom is -0.497 e. The quantitative estimate of drug-likeness (QED) is 0.825. The zero-order chi connectivity index (χ0) is 13.8. The number of hydrogen-bond donors (Lipinski definition) is 0. The van der Waals surface area contributed by atoms with Crippen LogP contribution in [0.1, 0.15) is 11.4 Å². The summed E-state index contributed by atoms with van der Waals surface area (Å²) in [6.45, 7) is 2.26. The zero-order valence-electron chi connectivity index (χ0n) is 10.6. The first kappa shape index (κ1) is 14.2. The molecule has 2 rings (SSSR count). The van der Waals surface area contributed by atoms with Crippen molar-refractivity contribution in [1.82, 2.24) is 4.98 Å². The Kier molecular flexibility index (Phi) is 4.66. The Balaban J connectivity index is 2.14. The number of halogens is 2. The average molecular weight is 343 g/mol. The lowest BCUT2D eigenvalue weighted by atomic mass is 10.3. The molecule has 1 aromatic carbocycles. The second-order valence-electron chi connectivity index (χ2n) is 4.00. The molecule has 0 aliphatic heterocycles. The minimum atomic E-state index is 0.341. The molecule has 3 nitrogen and oxygen atoms in total. The molecule has 0 aliphatic rings. The molecule has 1 heterocycles. The van der Waals surface area contributed by atoms with Crippen LogP contribution in [0.25, 0.3) is 0 Å². The second kappa shape index (κ2) is 6.26. The fraction of sp³-hybridized carbons (Fsp3) is 0.214. The molecule has 0 saturated carbocycles. The number of benzene rings is 1. The molecular weight excluding hydrogens is 330 g/mol. The summed E-state index contributed by atoms with van der Waals surface area (Å²) in [7, 11) is 1.63. The number of rotatable bonds is 4. The van der Waals surface area contributed by atoms with Crippen molar-refractivity contribution in [2.75, 3.05) is 7.11 Å². The Hall–Kier alpha value is -1.26. The highest BCUT2D eigenvalue weighted by Crippen LogP contribution is 2.28. The van der Waals surface area contributed by atoms with Crippen LogP contribution in [-0.2, 0) is 6.61 Å². The Morgan fingerprint density at radius 2 is 2.05 bits per heavy atom. The molecule has 1 aromatic heterocycles. The average Bonchev–Trinajstić information content (AvgIpc) is 2.39. The van der Waals surface area contributed by atoms with Crippen LogP contribution in [0.3, 0.4) is 0 Å². The normalized spacial score (nSPS) is 10.3. The fourth-order valence-corrected chi connectivity index (χ4v) is 2.15. The summed E-state index contributed by atoms with van der Waals surface area (Å²) in [5.41, 5.74) is 1.69. The van der Waals surface area contributed by atoms with Crippen molar-refractivity contribution in [3.8, 4) is 11.5 Å². The van der Waals surface area contributed by atoms with Crippen molar-refractivity contribution >= 4 is 27.5 Å². The topological polar surface area (TPSA) is 31.4 Å². The minimum absolute atomic E-state index is 0.341. The van der Waals surface area contributed by atoms with Gasteiger partial charge in [-0.2, -0.15) is 0 Å². The first-order chi connectivity index (χ1) is 9.08. The highest BCUT2D eigenvalue weighted by molar-refractivity contribution is 9.10. The van der Waals surface area contributed by atoms with Gasteiger partial charge in [0.15, 0.2) is 0 Å². The molecule has 0 N–H and O–H groups in total. The lowest BCUT2D eigenvalue weighted by molar-refractivity contribution is 0.300. The van der Waals surface area contributed by atoms with E-state index < -0.39 is 0 Å². The van der Waals surface area contributed by atoms with Crippen molar-refractivity contribution in [2.24, 2.45) is 0 Å². The second-order valence-corrected chi connectivity index (χ2v) is 5.33. The van der Waals surface area contributed by atoms with Gasteiger partial charge in [0.05, 0.1) is 17.8 Å². The smallest absolute Gasteiger partial charge is 0.139 e. The van der Waals surface area contributed by atoms with Gasteiger partial charge in [0.1, 0.15) is 18.1 Å². The van der Waals surface area contributed by atoms with Crippen LogP contribution >= 0.6 is 27.5 Å². The van der Waals surface area contributed by atoms with Crippen molar-refractivity contribution in [3.05, 3.63) is 51.2 Å². The highest BCUT2D eigenvalue weighted by atomic mass is 79.9. The van der Waals surface area contributed by atoms with Gasteiger partial charge >= 0.3 is 0 Å². The molecule has 0 amide bonds. The van der Waals surface area contributed by atoms with Crippen molar-refractivity contribution < 1.29 is 9.47 Å². The fourth-order valence-electron chi connectivity index (χ4n) is 1.63. The summed E-state index contributed by atoms with van der Waals surface area (Å²) in [6.07, 6.45) is 0. The van der Waals surface area contributed by atoms with Crippen LogP contribution in [0.4, 0.5) is 0 Å². The van der Waals surface area contributed by atoms with E-state index in [0.717, 1.165) is 21.6 Å². The van der Waals surface area contributed by atoms with Crippen LogP contribution in [-0.4, -0.2) is 12.1 Å². The van der Waals surface area contributed by atoms with Crippen LogP contribution in [0.5, 0.6) is 11.5 Å². The van der Waals surface area contributed by atoms with Gasteiger partial charge in [0.2, 0.25) is 0 Å². The molecule has 100 valence electrons. The van der Waals surface area contributed by atoms with E-state index in [0.29, 0.717) is 17.4 Å². The molecular formula is C14H13BrClNO2. The summed E-state index contributed by atoms with van der Waals surface area (Å²) in [4.78, 5) is 4.39. The summed E-state index contributed by atoms with van der Waals surface area (Å²) in [5.74, 6) is 1.39. The lowest BCUT2D eigenvalue weighted by Crippen LogP contribution is -2.01. The van der Waals surface area contributed by atoms with Crippen molar-refractivity contribution in [3.63, 3.8) is 0 Å². The number of hydrogen-bond acceptors (Lipinski definition) is 3. The molecule has 2 aromatic rings. The maximum Gasteiger partial charge on any atom is 0.139 e. The SMILES string of the molecule is COc1cc(C)nc(COc2cc(Br)ccc2Cl)c1. The third kappa shape index (κ3) is 3.85. The molecule has 5 heteroatoms. The number of aromatic nitrogens is 1. The lowest BCUT2D eigenvalue weighted by Gasteiger charge is -2.09. The number of pyridine rings is 1. The maximum atomic E-state index is 6.06. The van der Waals surface area contributed by atoms with Crippen molar-refractivity contribution in [2.45, 2.75) is 13.5 Å². The number of methoxy groups -OCH3 is 1. The van der Waals surface area contributed by atoms with E-state index >= 15 is 0 Å². The monoisotopic (exact) mass is 341 g/mol. The standard InChI is InChI=1S/C14H13BrClNO2/c1-9-5-12(18-2)7-11(17-9)8-19-14-6-10(15)3-4-13(14)16/h3-7H,8H2,1-2H3. The summed E-state index contributed by atoms with van der Waals surface area (Å²) in [5, 5.41) is 0.572.